The number of nitrogens with zero attached hydrogens (tertiary/aromatic N) is 6. The van der Waals surface area contributed by atoms with Crippen molar-refractivity contribution in [1.82, 2.24) is 23.9 Å². The first-order valence-electron chi connectivity index (χ1n) is 11.6. The first kappa shape index (κ1) is 21.9. The fraction of sp³-hybridized carbons (Fsp3) is 0.333. The number of rotatable bonds is 4. The third-order valence-corrected chi connectivity index (χ3v) is 8.24. The highest BCUT2D eigenvalue weighted by Gasteiger charge is 2.29. The molecule has 2 atom stereocenters. The summed E-state index contributed by atoms with van der Waals surface area (Å²) in [6.45, 7) is 6.57. The maximum atomic E-state index is 13.6. The lowest BCUT2D eigenvalue weighted by molar-refractivity contribution is 0.0987. The first-order valence-corrected chi connectivity index (χ1v) is 13.0. The van der Waals surface area contributed by atoms with Crippen LogP contribution in [0.2, 0.25) is 0 Å². The molecule has 180 valence electrons. The fourth-order valence-corrected chi connectivity index (χ4v) is 6.06. The molecule has 11 heteroatoms. The van der Waals surface area contributed by atoms with E-state index >= 15 is 0 Å². The van der Waals surface area contributed by atoms with Gasteiger partial charge in [0.05, 0.1) is 24.6 Å². The van der Waals surface area contributed by atoms with E-state index in [0.717, 1.165) is 16.3 Å². The van der Waals surface area contributed by atoms with Crippen LogP contribution in [0.25, 0.3) is 16.6 Å². The predicted molar refractivity (Wildman–Crippen MR) is 130 cm³/mol. The molecule has 0 aliphatic carbocycles. The van der Waals surface area contributed by atoms with Crippen LogP contribution in [0.3, 0.4) is 0 Å². The molecule has 4 aromatic heterocycles. The van der Waals surface area contributed by atoms with Crippen molar-refractivity contribution in [1.29, 1.82) is 0 Å². The molecule has 0 amide bonds. The van der Waals surface area contributed by atoms with E-state index in [1.165, 1.54) is 16.2 Å². The van der Waals surface area contributed by atoms with E-state index < -0.39 is 10.0 Å². The average molecular weight is 492 g/mol. The zero-order valence-corrected chi connectivity index (χ0v) is 20.2. The smallest absolute Gasteiger partial charge is 0.270 e. The second kappa shape index (κ2) is 8.28. The lowest BCUT2D eigenvalue weighted by Crippen LogP contribution is -2.44. The van der Waals surface area contributed by atoms with Crippen molar-refractivity contribution in [2.75, 3.05) is 31.2 Å². The maximum absolute atomic E-state index is 13.6. The van der Waals surface area contributed by atoms with Crippen molar-refractivity contribution in [3.05, 3.63) is 65.6 Å². The molecule has 0 spiro atoms. The molecule has 35 heavy (non-hydrogen) atoms. The number of nitrogens with one attached hydrogen (secondary N) is 1. The van der Waals surface area contributed by atoms with Crippen molar-refractivity contribution in [3.8, 4) is 0 Å². The monoisotopic (exact) mass is 491 g/mol. The van der Waals surface area contributed by atoms with Crippen molar-refractivity contribution in [3.63, 3.8) is 0 Å². The molecule has 0 bridgehead atoms. The van der Waals surface area contributed by atoms with Crippen LogP contribution in [0, 0.1) is 5.92 Å². The van der Waals surface area contributed by atoms with E-state index in [9.17, 15) is 8.42 Å². The number of fused-ring (bicyclic) bond motifs is 2. The number of pyridine rings is 1. The number of aromatic nitrogens is 5. The highest BCUT2D eigenvalue weighted by atomic mass is 32.2. The van der Waals surface area contributed by atoms with Gasteiger partial charge in [-0.25, -0.2) is 22.4 Å². The van der Waals surface area contributed by atoms with Gasteiger partial charge in [-0.05, 0) is 31.2 Å². The minimum Gasteiger partial charge on any atom is -0.377 e. The van der Waals surface area contributed by atoms with Crippen LogP contribution in [-0.2, 0) is 14.8 Å². The molecular weight excluding hydrogens is 466 g/mol. The number of aromatic amines is 1. The summed E-state index contributed by atoms with van der Waals surface area (Å²) < 4.78 is 34.0. The largest absolute Gasteiger partial charge is 0.377 e. The highest BCUT2D eigenvalue weighted by molar-refractivity contribution is 7.90. The molecule has 1 saturated heterocycles. The number of ether oxygens (including phenoxy) is 1. The first-order chi connectivity index (χ1) is 16.9. The Morgan fingerprint density at radius 1 is 1.17 bits per heavy atom. The Balaban J connectivity index is 1.65. The number of hydrogen-bond donors (Lipinski definition) is 1. The van der Waals surface area contributed by atoms with E-state index in [0.29, 0.717) is 49.0 Å². The van der Waals surface area contributed by atoms with E-state index in [-0.39, 0.29) is 16.9 Å². The summed E-state index contributed by atoms with van der Waals surface area (Å²) >= 11 is 0. The number of hydrogen-bond acceptors (Lipinski definition) is 8. The summed E-state index contributed by atoms with van der Waals surface area (Å²) in [6, 6.07) is 6.97. The van der Waals surface area contributed by atoms with Crippen LogP contribution >= 0.6 is 0 Å². The molecule has 10 nitrogen and oxygen atoms in total. The topological polar surface area (TPSA) is 118 Å². The van der Waals surface area contributed by atoms with Gasteiger partial charge in [0.25, 0.3) is 10.0 Å². The van der Waals surface area contributed by atoms with Gasteiger partial charge >= 0.3 is 0 Å². The summed E-state index contributed by atoms with van der Waals surface area (Å²) in [7, 11) is -3.91. The lowest BCUT2D eigenvalue weighted by atomic mass is 9.97. The van der Waals surface area contributed by atoms with Crippen molar-refractivity contribution in [2.24, 2.45) is 10.9 Å². The standard InChI is InChI=1S/C24H25N7O3S/c1-15-12-27-21-18(5-8-26-21)20(15)22-28-23(30-10-11-34-14-16(30)2)19-6-9-31(24(19)29-22)35(32,33)17-4-3-7-25-13-17/h3-9,13,15-16H,10-12,14H2,1-2H3,(H,26,27)/t15?,16-/m1/s1. The molecule has 0 saturated carbocycles. The minimum atomic E-state index is -3.91. The zero-order valence-electron chi connectivity index (χ0n) is 19.4. The Morgan fingerprint density at radius 2 is 2.06 bits per heavy atom. The molecule has 1 N–H and O–H groups in total. The molecule has 6 rings (SSSR count). The number of anilines is 1. The molecule has 2 aliphatic heterocycles. The van der Waals surface area contributed by atoms with Gasteiger partial charge < -0.3 is 14.6 Å². The van der Waals surface area contributed by atoms with Crippen LogP contribution < -0.4 is 15.6 Å². The van der Waals surface area contributed by atoms with Crippen LogP contribution in [0.1, 0.15) is 19.7 Å². The number of H-pyrrole nitrogens is 1. The summed E-state index contributed by atoms with van der Waals surface area (Å²) in [6.07, 6.45) is 6.29. The second-order valence-corrected chi connectivity index (χ2v) is 10.7. The van der Waals surface area contributed by atoms with Gasteiger partial charge in [-0.15, -0.1) is 0 Å². The van der Waals surface area contributed by atoms with Crippen LogP contribution in [0.15, 0.2) is 58.9 Å². The minimum absolute atomic E-state index is 0.0732. The van der Waals surface area contributed by atoms with Crippen molar-refractivity contribution < 1.29 is 13.2 Å². The Hall–Kier alpha value is -3.57. The zero-order chi connectivity index (χ0) is 24.2. The van der Waals surface area contributed by atoms with Gasteiger partial charge in [0.2, 0.25) is 0 Å². The van der Waals surface area contributed by atoms with Crippen molar-refractivity contribution >= 4 is 32.4 Å². The molecule has 6 heterocycles. The number of morpholine rings is 1. The third-order valence-electron chi connectivity index (χ3n) is 6.59. The van der Waals surface area contributed by atoms with Crippen LogP contribution in [-0.4, -0.2) is 64.7 Å². The maximum Gasteiger partial charge on any atom is 0.270 e. The molecular formula is C24H25N7O3S. The predicted octanol–water partition coefficient (Wildman–Crippen LogP) is 1.08. The summed E-state index contributed by atoms with van der Waals surface area (Å²) in [4.78, 5) is 24.0. The average Bonchev–Trinajstić information content (AvgIpc) is 3.52. The Kier molecular flexibility index (Phi) is 5.19. The normalized spacial score (nSPS) is 20.6. The molecule has 0 aromatic carbocycles. The SMILES string of the molecule is CC1CN=c2[nH]ccc2=C1c1nc(N2CCOC[C@H]2C)c2ccn(S(=O)(=O)c3cccnc3)c2n1. The van der Waals surface area contributed by atoms with Crippen LogP contribution in [0.4, 0.5) is 5.82 Å². The highest BCUT2D eigenvalue weighted by Crippen LogP contribution is 2.32. The molecule has 2 aliphatic rings. The summed E-state index contributed by atoms with van der Waals surface area (Å²) in [5.41, 5.74) is 2.08. The van der Waals surface area contributed by atoms with Gasteiger partial charge in [0.1, 0.15) is 16.2 Å². The van der Waals surface area contributed by atoms with Crippen LogP contribution in [0.5, 0.6) is 0 Å². The van der Waals surface area contributed by atoms with E-state index in [1.54, 1.807) is 24.5 Å². The fourth-order valence-electron chi connectivity index (χ4n) is 4.80. The van der Waals surface area contributed by atoms with Gasteiger partial charge in [-0.2, -0.15) is 0 Å². The Labute approximate surface area is 202 Å². The lowest BCUT2D eigenvalue weighted by Gasteiger charge is -2.35. The second-order valence-electron chi connectivity index (χ2n) is 8.93. The van der Waals surface area contributed by atoms with E-state index in [2.05, 4.69) is 33.7 Å². The summed E-state index contributed by atoms with van der Waals surface area (Å²) in [5.74, 6) is 1.29. The van der Waals surface area contributed by atoms with Gasteiger partial charge in [-0.3, -0.25) is 9.98 Å². The quantitative estimate of drug-likeness (QED) is 0.454. The third kappa shape index (κ3) is 3.53. The van der Waals surface area contributed by atoms with Crippen molar-refractivity contribution in [2.45, 2.75) is 24.8 Å². The summed E-state index contributed by atoms with van der Waals surface area (Å²) in [5, 5.41) is 1.62. The van der Waals surface area contributed by atoms with Gasteiger partial charge in [0.15, 0.2) is 11.5 Å². The van der Waals surface area contributed by atoms with E-state index in [1.807, 2.05) is 12.3 Å². The van der Waals surface area contributed by atoms with Gasteiger partial charge in [-0.1, -0.05) is 6.92 Å². The Bertz CT molecular complexity index is 1640. The molecule has 1 unspecified atom stereocenters. The van der Waals surface area contributed by atoms with E-state index in [4.69, 9.17) is 14.7 Å². The Morgan fingerprint density at radius 3 is 2.86 bits per heavy atom. The molecule has 0 radical (unpaired) electrons. The molecule has 4 aromatic rings. The van der Waals surface area contributed by atoms with Gasteiger partial charge in [0, 0.05) is 54.6 Å². The molecule has 1 fully saturated rings.